The van der Waals surface area contributed by atoms with Crippen LogP contribution >= 0.6 is 0 Å². The van der Waals surface area contributed by atoms with E-state index < -0.39 is 0 Å². The standard InChI is InChI=1S/C11H16N4/c1-8-3-10(6-12-4-8)7-14-11-13-5-9(2)15-11/h3-4,6,9H,5,7H2,1-2H3,(H2,13,14,15). The lowest BCUT2D eigenvalue weighted by Crippen LogP contribution is -2.37. The monoisotopic (exact) mass is 204 g/mol. The minimum Gasteiger partial charge on any atom is -0.352 e. The Morgan fingerprint density at radius 2 is 2.40 bits per heavy atom. The molecule has 0 radical (unpaired) electrons. The van der Waals surface area contributed by atoms with Gasteiger partial charge < -0.3 is 10.6 Å². The Morgan fingerprint density at radius 3 is 3.07 bits per heavy atom. The second-order valence-electron chi connectivity index (χ2n) is 3.96. The van der Waals surface area contributed by atoms with Gasteiger partial charge in [0.15, 0.2) is 5.96 Å². The van der Waals surface area contributed by atoms with Gasteiger partial charge in [0.2, 0.25) is 0 Å². The third-order valence-corrected chi connectivity index (χ3v) is 2.30. The highest BCUT2D eigenvalue weighted by Crippen LogP contribution is 2.01. The Morgan fingerprint density at radius 1 is 1.53 bits per heavy atom. The number of nitrogens with one attached hydrogen (secondary N) is 2. The smallest absolute Gasteiger partial charge is 0.191 e. The molecule has 80 valence electrons. The van der Waals surface area contributed by atoms with Crippen molar-refractivity contribution < 1.29 is 0 Å². The summed E-state index contributed by atoms with van der Waals surface area (Å²) in [6.45, 7) is 5.79. The average molecular weight is 204 g/mol. The van der Waals surface area contributed by atoms with E-state index in [-0.39, 0.29) is 0 Å². The number of rotatable bonds is 2. The van der Waals surface area contributed by atoms with Gasteiger partial charge in [-0.1, -0.05) is 6.07 Å². The predicted molar refractivity (Wildman–Crippen MR) is 60.7 cm³/mol. The van der Waals surface area contributed by atoms with Crippen LogP contribution in [0, 0.1) is 6.92 Å². The molecule has 0 saturated heterocycles. The number of pyridine rings is 1. The highest BCUT2D eigenvalue weighted by molar-refractivity contribution is 5.81. The van der Waals surface area contributed by atoms with Crippen LogP contribution in [-0.4, -0.2) is 23.5 Å². The van der Waals surface area contributed by atoms with E-state index in [1.165, 1.54) is 11.1 Å². The third kappa shape index (κ3) is 2.68. The zero-order valence-corrected chi connectivity index (χ0v) is 9.12. The fraction of sp³-hybridized carbons (Fsp3) is 0.455. The molecule has 1 aromatic heterocycles. The average Bonchev–Trinajstić information content (AvgIpc) is 2.62. The lowest BCUT2D eigenvalue weighted by Gasteiger charge is -2.08. The Labute approximate surface area is 89.8 Å². The molecule has 1 aliphatic heterocycles. The van der Waals surface area contributed by atoms with Crippen LogP contribution < -0.4 is 10.6 Å². The molecule has 15 heavy (non-hydrogen) atoms. The first-order valence-corrected chi connectivity index (χ1v) is 5.19. The van der Waals surface area contributed by atoms with Crippen LogP contribution in [0.1, 0.15) is 18.1 Å². The van der Waals surface area contributed by atoms with Gasteiger partial charge in [0, 0.05) is 25.0 Å². The molecular formula is C11H16N4. The van der Waals surface area contributed by atoms with E-state index in [4.69, 9.17) is 0 Å². The van der Waals surface area contributed by atoms with Crippen LogP contribution in [-0.2, 0) is 6.54 Å². The highest BCUT2D eigenvalue weighted by Gasteiger charge is 2.11. The molecule has 4 nitrogen and oxygen atoms in total. The maximum Gasteiger partial charge on any atom is 0.191 e. The summed E-state index contributed by atoms with van der Waals surface area (Å²) in [6.07, 6.45) is 3.73. The lowest BCUT2D eigenvalue weighted by atomic mass is 10.2. The first kappa shape index (κ1) is 9.96. The SMILES string of the molecule is Cc1cncc(CNC2=NCC(C)N2)c1. The molecular weight excluding hydrogens is 188 g/mol. The Kier molecular flexibility index (Phi) is 2.85. The predicted octanol–water partition coefficient (Wildman–Crippen LogP) is 0.827. The summed E-state index contributed by atoms with van der Waals surface area (Å²) in [4.78, 5) is 8.47. The van der Waals surface area contributed by atoms with Crippen molar-refractivity contribution in [1.82, 2.24) is 15.6 Å². The number of aliphatic imine (C=N–C) groups is 1. The van der Waals surface area contributed by atoms with E-state index in [2.05, 4.69) is 33.6 Å². The molecule has 2 heterocycles. The lowest BCUT2D eigenvalue weighted by molar-refractivity contribution is 0.713. The molecule has 1 aromatic rings. The van der Waals surface area contributed by atoms with E-state index in [1.807, 2.05) is 19.3 Å². The summed E-state index contributed by atoms with van der Waals surface area (Å²) in [5.41, 5.74) is 2.36. The van der Waals surface area contributed by atoms with Crippen molar-refractivity contribution >= 4 is 5.96 Å². The van der Waals surface area contributed by atoms with Gasteiger partial charge in [0.05, 0.1) is 6.54 Å². The van der Waals surface area contributed by atoms with Crippen molar-refractivity contribution in [2.75, 3.05) is 6.54 Å². The normalized spacial score (nSPS) is 19.6. The van der Waals surface area contributed by atoms with Crippen molar-refractivity contribution in [3.8, 4) is 0 Å². The van der Waals surface area contributed by atoms with Crippen molar-refractivity contribution in [3.05, 3.63) is 29.6 Å². The molecule has 0 aromatic carbocycles. The molecule has 2 N–H and O–H groups in total. The van der Waals surface area contributed by atoms with Gasteiger partial charge in [-0.2, -0.15) is 0 Å². The molecule has 0 saturated carbocycles. The van der Waals surface area contributed by atoms with Crippen molar-refractivity contribution in [3.63, 3.8) is 0 Å². The highest BCUT2D eigenvalue weighted by atomic mass is 15.2. The van der Waals surface area contributed by atoms with Crippen molar-refractivity contribution in [1.29, 1.82) is 0 Å². The van der Waals surface area contributed by atoms with Crippen LogP contribution in [0.25, 0.3) is 0 Å². The molecule has 4 heteroatoms. The van der Waals surface area contributed by atoms with Gasteiger partial charge in [0.25, 0.3) is 0 Å². The fourth-order valence-corrected chi connectivity index (χ4v) is 1.56. The van der Waals surface area contributed by atoms with Crippen LogP contribution in [0.2, 0.25) is 0 Å². The van der Waals surface area contributed by atoms with Crippen LogP contribution in [0.3, 0.4) is 0 Å². The summed E-state index contributed by atoms with van der Waals surface area (Å²) < 4.78 is 0. The molecule has 0 bridgehead atoms. The van der Waals surface area contributed by atoms with Gasteiger partial charge in [0.1, 0.15) is 0 Å². The summed E-state index contributed by atoms with van der Waals surface area (Å²) >= 11 is 0. The van der Waals surface area contributed by atoms with Crippen LogP contribution in [0.15, 0.2) is 23.5 Å². The minimum absolute atomic E-state index is 0.447. The van der Waals surface area contributed by atoms with Crippen LogP contribution in [0.5, 0.6) is 0 Å². The van der Waals surface area contributed by atoms with Gasteiger partial charge in [-0.25, -0.2) is 0 Å². The third-order valence-electron chi connectivity index (χ3n) is 2.30. The van der Waals surface area contributed by atoms with E-state index in [0.29, 0.717) is 6.04 Å². The molecule has 0 aliphatic carbocycles. The second kappa shape index (κ2) is 4.29. The molecule has 2 rings (SSSR count). The van der Waals surface area contributed by atoms with E-state index in [9.17, 15) is 0 Å². The molecule has 0 fully saturated rings. The molecule has 0 spiro atoms. The van der Waals surface area contributed by atoms with Gasteiger partial charge >= 0.3 is 0 Å². The topological polar surface area (TPSA) is 49.3 Å². The number of guanidine groups is 1. The van der Waals surface area contributed by atoms with Crippen molar-refractivity contribution in [2.45, 2.75) is 26.4 Å². The summed E-state index contributed by atoms with van der Waals surface area (Å²) in [6, 6.07) is 2.57. The van der Waals surface area contributed by atoms with Gasteiger partial charge in [-0.05, 0) is 25.0 Å². The summed E-state index contributed by atoms with van der Waals surface area (Å²) in [5.74, 6) is 0.893. The zero-order chi connectivity index (χ0) is 10.7. The fourth-order valence-electron chi connectivity index (χ4n) is 1.56. The summed E-state index contributed by atoms with van der Waals surface area (Å²) in [7, 11) is 0. The van der Waals surface area contributed by atoms with Gasteiger partial charge in [-0.3, -0.25) is 9.98 Å². The second-order valence-corrected chi connectivity index (χ2v) is 3.96. The number of hydrogen-bond donors (Lipinski definition) is 2. The molecule has 1 atom stereocenters. The van der Waals surface area contributed by atoms with Crippen LogP contribution in [0.4, 0.5) is 0 Å². The number of aryl methyl sites for hydroxylation is 1. The zero-order valence-electron chi connectivity index (χ0n) is 9.12. The maximum absolute atomic E-state index is 4.33. The molecule has 0 amide bonds. The quantitative estimate of drug-likeness (QED) is 0.750. The number of aromatic nitrogens is 1. The Bertz CT molecular complexity index is 373. The molecule has 1 aliphatic rings. The molecule has 1 unspecified atom stereocenters. The van der Waals surface area contributed by atoms with E-state index in [0.717, 1.165) is 19.0 Å². The maximum atomic E-state index is 4.33. The first-order chi connectivity index (χ1) is 7.24. The Hall–Kier alpha value is -1.58. The van der Waals surface area contributed by atoms with Gasteiger partial charge in [-0.15, -0.1) is 0 Å². The van der Waals surface area contributed by atoms with E-state index in [1.54, 1.807) is 0 Å². The van der Waals surface area contributed by atoms with Crippen molar-refractivity contribution in [2.24, 2.45) is 4.99 Å². The first-order valence-electron chi connectivity index (χ1n) is 5.19. The Balaban J connectivity index is 1.88. The largest absolute Gasteiger partial charge is 0.352 e. The number of hydrogen-bond acceptors (Lipinski definition) is 4. The number of nitrogens with zero attached hydrogens (tertiary/aromatic N) is 2. The summed E-state index contributed by atoms with van der Waals surface area (Å²) in [5, 5.41) is 6.51. The van der Waals surface area contributed by atoms with E-state index >= 15 is 0 Å². The minimum atomic E-state index is 0.447.